The van der Waals surface area contributed by atoms with Crippen LogP contribution in [0.25, 0.3) is 0 Å². The highest BCUT2D eigenvalue weighted by Gasteiger charge is 2.24. The molecule has 0 fully saturated rings. The van der Waals surface area contributed by atoms with Crippen LogP contribution in [0.4, 0.5) is 0 Å². The molecule has 0 spiro atoms. The number of carboxylic acid groups (broad SMARTS) is 1. The number of carboxylic acids is 1. The second-order valence-electron chi connectivity index (χ2n) is 8.72. The zero-order chi connectivity index (χ0) is 22.9. The van der Waals surface area contributed by atoms with Crippen LogP contribution < -0.4 is 0 Å². The largest absolute Gasteiger partial charge is 0.478 e. The molecule has 0 aliphatic carbocycles. The van der Waals surface area contributed by atoms with Crippen molar-refractivity contribution in [1.29, 1.82) is 0 Å². The Bertz CT molecular complexity index is 638. The van der Waals surface area contributed by atoms with Crippen LogP contribution in [-0.4, -0.2) is 28.1 Å². The van der Waals surface area contributed by atoms with Gasteiger partial charge in [-0.2, -0.15) is 0 Å². The smallest absolute Gasteiger partial charge is 0.337 e. The molecule has 0 radical (unpaired) electrons. The minimum Gasteiger partial charge on any atom is -0.478 e. The Balaban J connectivity index is 0.00000961. The van der Waals surface area contributed by atoms with Gasteiger partial charge in [0.15, 0.2) is 0 Å². The number of hydrogen-bond donors (Lipinski definition) is 1. The van der Waals surface area contributed by atoms with E-state index in [1.54, 1.807) is 19.2 Å². The number of aromatic carboxylic acids is 1. The fourth-order valence-corrected chi connectivity index (χ4v) is 3.84. The first-order chi connectivity index (χ1) is 15.0. The van der Waals surface area contributed by atoms with Crippen molar-refractivity contribution in [2.45, 2.75) is 123 Å². The number of unbranched alkanes of at least 4 members (excludes halogenated alkanes) is 12. The summed E-state index contributed by atoms with van der Waals surface area (Å²) >= 11 is 0. The summed E-state index contributed by atoms with van der Waals surface area (Å²) in [5, 5.41) is 9.32. The van der Waals surface area contributed by atoms with Gasteiger partial charge in [0.2, 0.25) is 0 Å². The first-order valence-electron chi connectivity index (χ1n) is 12.3. The van der Waals surface area contributed by atoms with Gasteiger partial charge in [-0.05, 0) is 25.5 Å². The molecular formula is C26H44ClNO4. The van der Waals surface area contributed by atoms with E-state index in [1.807, 2.05) is 6.92 Å². The lowest BCUT2D eigenvalue weighted by atomic mass is 9.97. The molecule has 1 aromatic rings. The SMILES string of the molecule is CCCCCCCCCCCCCCCC(=O)OC(C)C(C)c1ncccc1C(=O)O.Cl. The summed E-state index contributed by atoms with van der Waals surface area (Å²) in [7, 11) is 0. The molecule has 6 heteroatoms. The van der Waals surface area contributed by atoms with Gasteiger partial charge >= 0.3 is 11.9 Å². The van der Waals surface area contributed by atoms with Gasteiger partial charge < -0.3 is 9.84 Å². The topological polar surface area (TPSA) is 76.5 Å². The number of aromatic nitrogens is 1. The van der Waals surface area contributed by atoms with Gasteiger partial charge in [-0.1, -0.05) is 90.9 Å². The summed E-state index contributed by atoms with van der Waals surface area (Å²) < 4.78 is 5.54. The predicted molar refractivity (Wildman–Crippen MR) is 133 cm³/mol. The Morgan fingerprint density at radius 2 is 1.41 bits per heavy atom. The Hall–Kier alpha value is -1.62. The zero-order valence-corrected chi connectivity index (χ0v) is 21.1. The molecule has 0 saturated carbocycles. The van der Waals surface area contributed by atoms with Crippen molar-refractivity contribution in [2.75, 3.05) is 0 Å². The maximum absolute atomic E-state index is 12.2. The van der Waals surface area contributed by atoms with Crippen LogP contribution in [0.3, 0.4) is 0 Å². The fourth-order valence-electron chi connectivity index (χ4n) is 3.84. The Kier molecular flexibility index (Phi) is 17.9. The molecule has 1 heterocycles. The number of carbonyl (C=O) groups excluding carboxylic acids is 1. The van der Waals surface area contributed by atoms with Gasteiger partial charge in [0.05, 0.1) is 11.3 Å². The number of ether oxygens (including phenoxy) is 1. The second kappa shape index (κ2) is 18.9. The molecule has 2 unspecified atom stereocenters. The van der Waals surface area contributed by atoms with Crippen LogP contribution in [0.15, 0.2) is 18.3 Å². The summed E-state index contributed by atoms with van der Waals surface area (Å²) in [6.45, 7) is 5.90. The van der Waals surface area contributed by atoms with E-state index in [0.717, 1.165) is 12.8 Å². The summed E-state index contributed by atoms with van der Waals surface area (Å²) in [6.07, 6.45) is 18.1. The minimum absolute atomic E-state index is 0. The van der Waals surface area contributed by atoms with E-state index in [2.05, 4.69) is 11.9 Å². The van der Waals surface area contributed by atoms with Crippen molar-refractivity contribution < 1.29 is 19.4 Å². The number of hydrogen-bond acceptors (Lipinski definition) is 4. The van der Waals surface area contributed by atoms with Crippen molar-refractivity contribution in [3.8, 4) is 0 Å². The van der Waals surface area contributed by atoms with E-state index in [4.69, 9.17) is 4.74 Å². The monoisotopic (exact) mass is 469 g/mol. The van der Waals surface area contributed by atoms with Crippen LogP contribution >= 0.6 is 12.4 Å². The predicted octanol–water partition coefficient (Wildman–Crippen LogP) is 7.72. The maximum atomic E-state index is 12.2. The van der Waals surface area contributed by atoms with Crippen molar-refractivity contribution in [2.24, 2.45) is 0 Å². The number of carbonyl (C=O) groups is 2. The third-order valence-electron chi connectivity index (χ3n) is 6.01. The van der Waals surface area contributed by atoms with E-state index in [-0.39, 0.29) is 29.9 Å². The van der Waals surface area contributed by atoms with Crippen LogP contribution in [0, 0.1) is 0 Å². The van der Waals surface area contributed by atoms with Crippen molar-refractivity contribution in [3.63, 3.8) is 0 Å². The number of halogens is 1. The van der Waals surface area contributed by atoms with Gasteiger partial charge in [0.1, 0.15) is 6.10 Å². The molecule has 0 bridgehead atoms. The molecule has 5 nitrogen and oxygen atoms in total. The van der Waals surface area contributed by atoms with Crippen LogP contribution in [0.1, 0.15) is 133 Å². The fraction of sp³-hybridized carbons (Fsp3) is 0.731. The Labute approximate surface area is 201 Å². The highest BCUT2D eigenvalue weighted by atomic mass is 35.5. The molecule has 0 aliphatic rings. The van der Waals surface area contributed by atoms with Gasteiger partial charge in [0, 0.05) is 18.5 Å². The number of rotatable bonds is 18. The third-order valence-corrected chi connectivity index (χ3v) is 6.01. The van der Waals surface area contributed by atoms with Crippen molar-refractivity contribution in [3.05, 3.63) is 29.6 Å². The molecule has 1 aromatic heterocycles. The second-order valence-corrected chi connectivity index (χ2v) is 8.72. The van der Waals surface area contributed by atoms with Gasteiger partial charge in [0.25, 0.3) is 0 Å². The van der Waals surface area contributed by atoms with Crippen molar-refractivity contribution in [1.82, 2.24) is 4.98 Å². The van der Waals surface area contributed by atoms with Crippen LogP contribution in [0.2, 0.25) is 0 Å². The van der Waals surface area contributed by atoms with E-state index >= 15 is 0 Å². The lowest BCUT2D eigenvalue weighted by Crippen LogP contribution is -2.23. The number of esters is 1. The van der Waals surface area contributed by atoms with Crippen LogP contribution in [0.5, 0.6) is 0 Å². The zero-order valence-electron chi connectivity index (χ0n) is 20.3. The van der Waals surface area contributed by atoms with Crippen molar-refractivity contribution >= 4 is 24.3 Å². The molecule has 32 heavy (non-hydrogen) atoms. The quantitative estimate of drug-likeness (QED) is 0.176. The highest BCUT2D eigenvalue weighted by Crippen LogP contribution is 2.23. The normalized spacial score (nSPS) is 12.6. The summed E-state index contributed by atoms with van der Waals surface area (Å²) in [5.41, 5.74) is 0.616. The molecule has 2 atom stereocenters. The van der Waals surface area contributed by atoms with Gasteiger partial charge in [-0.3, -0.25) is 9.78 Å². The molecule has 0 amide bonds. The number of pyridine rings is 1. The van der Waals surface area contributed by atoms with E-state index < -0.39 is 12.1 Å². The molecule has 0 saturated heterocycles. The van der Waals surface area contributed by atoms with Gasteiger partial charge in [-0.15, -0.1) is 12.4 Å². The van der Waals surface area contributed by atoms with E-state index in [0.29, 0.717) is 12.1 Å². The third kappa shape index (κ3) is 13.0. The average Bonchev–Trinajstić information content (AvgIpc) is 2.76. The minimum atomic E-state index is -1.01. The standard InChI is InChI=1S/C26H43NO4.ClH/c1-4-5-6-7-8-9-10-11-12-13-14-15-16-19-24(28)31-22(3)21(2)25-23(26(29)30)18-17-20-27-25;/h17-18,20-22H,4-16,19H2,1-3H3,(H,29,30);1H. The molecule has 0 aromatic carbocycles. The first kappa shape index (κ1) is 30.4. The van der Waals surface area contributed by atoms with E-state index in [1.165, 1.54) is 76.7 Å². The molecule has 1 N–H and O–H groups in total. The van der Waals surface area contributed by atoms with Crippen LogP contribution in [-0.2, 0) is 9.53 Å². The lowest BCUT2D eigenvalue weighted by Gasteiger charge is -2.21. The number of nitrogens with zero attached hydrogens (tertiary/aromatic N) is 1. The summed E-state index contributed by atoms with van der Waals surface area (Å²) in [5.74, 6) is -1.50. The molecule has 0 aliphatic heterocycles. The Morgan fingerprint density at radius 1 is 0.906 bits per heavy atom. The average molecular weight is 470 g/mol. The summed E-state index contributed by atoms with van der Waals surface area (Å²) in [4.78, 5) is 27.7. The van der Waals surface area contributed by atoms with E-state index in [9.17, 15) is 14.7 Å². The maximum Gasteiger partial charge on any atom is 0.337 e. The molecule has 1 rings (SSSR count). The molecule has 184 valence electrons. The molecular weight excluding hydrogens is 426 g/mol. The first-order valence-corrected chi connectivity index (χ1v) is 12.3. The summed E-state index contributed by atoms with van der Waals surface area (Å²) in [6, 6.07) is 3.13. The Morgan fingerprint density at radius 3 is 1.91 bits per heavy atom. The lowest BCUT2D eigenvalue weighted by molar-refractivity contribution is -0.149. The highest BCUT2D eigenvalue weighted by molar-refractivity contribution is 5.89. The van der Waals surface area contributed by atoms with Gasteiger partial charge in [-0.25, -0.2) is 4.79 Å².